The van der Waals surface area contributed by atoms with Crippen LogP contribution in [0, 0.1) is 0 Å². The van der Waals surface area contributed by atoms with Gasteiger partial charge >= 0.3 is 0 Å². The highest BCUT2D eigenvalue weighted by atomic mass is 32.2. The zero-order valence-electron chi connectivity index (χ0n) is 18.8. The summed E-state index contributed by atoms with van der Waals surface area (Å²) in [5.41, 5.74) is 1.18. The van der Waals surface area contributed by atoms with Crippen molar-refractivity contribution in [3.05, 3.63) is 59.7 Å². The highest BCUT2D eigenvalue weighted by molar-refractivity contribution is 7.85. The summed E-state index contributed by atoms with van der Waals surface area (Å²) >= 11 is 0. The fourth-order valence-corrected chi connectivity index (χ4v) is 4.54. The summed E-state index contributed by atoms with van der Waals surface area (Å²) in [5, 5.41) is 0. The van der Waals surface area contributed by atoms with E-state index in [1.54, 1.807) is 43.3 Å². The molecule has 2 atom stereocenters. The van der Waals surface area contributed by atoms with Gasteiger partial charge in [0.05, 0.1) is 24.0 Å². The summed E-state index contributed by atoms with van der Waals surface area (Å²) in [7, 11) is -1.16. The van der Waals surface area contributed by atoms with Crippen molar-refractivity contribution in [1.82, 2.24) is 9.80 Å². The third-order valence-corrected chi connectivity index (χ3v) is 6.61. The fraction of sp³-hybridized carbons (Fsp3) is 0.435. The molecule has 3 rings (SSSR count). The van der Waals surface area contributed by atoms with E-state index in [1.165, 1.54) is 31.8 Å². The van der Waals surface area contributed by atoms with Gasteiger partial charge in [0.15, 0.2) is 0 Å². The molecule has 0 radical (unpaired) electrons. The second-order valence-corrected chi connectivity index (χ2v) is 8.67. The van der Waals surface area contributed by atoms with E-state index < -0.39 is 16.0 Å². The Morgan fingerprint density at radius 3 is 2.00 bits per heavy atom. The first-order valence-electron chi connectivity index (χ1n) is 10.4. The molecule has 1 amide bonds. The maximum absolute atomic E-state index is 12.4. The minimum atomic E-state index is -4.40. The summed E-state index contributed by atoms with van der Waals surface area (Å²) in [5.74, 6) is -0.143. The van der Waals surface area contributed by atoms with Gasteiger partial charge in [0.2, 0.25) is 5.91 Å². The second-order valence-electron chi connectivity index (χ2n) is 7.28. The molecular formula is C23H32N2O5S. The van der Waals surface area contributed by atoms with Crippen LogP contribution >= 0.6 is 0 Å². The predicted octanol–water partition coefficient (Wildman–Crippen LogP) is 3.59. The summed E-state index contributed by atoms with van der Waals surface area (Å²) in [6.07, 6.45) is 0. The smallest absolute Gasteiger partial charge is 0.294 e. The van der Waals surface area contributed by atoms with Crippen LogP contribution in [0.5, 0.6) is 5.75 Å². The first-order valence-corrected chi connectivity index (χ1v) is 11.8. The molecule has 1 fully saturated rings. The zero-order chi connectivity index (χ0) is 23.2. The number of amides is 1. The van der Waals surface area contributed by atoms with Gasteiger partial charge in [0, 0.05) is 7.05 Å². The molecule has 1 heterocycles. The molecule has 31 heavy (non-hydrogen) atoms. The van der Waals surface area contributed by atoms with Gasteiger partial charge in [-0.25, -0.2) is 0 Å². The number of likely N-dealkylation sites (tertiary alicyclic amines) is 1. The van der Waals surface area contributed by atoms with E-state index in [9.17, 15) is 17.8 Å². The van der Waals surface area contributed by atoms with Gasteiger partial charge < -0.3 is 14.5 Å². The van der Waals surface area contributed by atoms with E-state index in [0.29, 0.717) is 11.3 Å². The third-order valence-electron chi connectivity index (χ3n) is 5.68. The van der Waals surface area contributed by atoms with Crippen LogP contribution in [0.1, 0.15) is 43.9 Å². The molecule has 1 aliphatic heterocycles. The van der Waals surface area contributed by atoms with E-state index in [4.69, 9.17) is 4.74 Å². The van der Waals surface area contributed by atoms with Crippen molar-refractivity contribution in [2.75, 3.05) is 33.8 Å². The van der Waals surface area contributed by atoms with E-state index in [0.717, 1.165) is 5.56 Å². The lowest BCUT2D eigenvalue weighted by Crippen LogP contribution is -2.51. The maximum atomic E-state index is 12.4. The molecule has 1 aliphatic rings. The van der Waals surface area contributed by atoms with Crippen molar-refractivity contribution in [3.63, 3.8) is 0 Å². The van der Waals surface area contributed by atoms with Crippen molar-refractivity contribution in [1.29, 1.82) is 0 Å². The number of nitrogens with zero attached hydrogens (tertiary/aromatic N) is 2. The fourth-order valence-electron chi connectivity index (χ4n) is 3.80. The summed E-state index contributed by atoms with van der Waals surface area (Å²) in [6.45, 7) is 10.1. The van der Waals surface area contributed by atoms with Crippen LogP contribution in [-0.4, -0.2) is 62.5 Å². The molecule has 0 bridgehead atoms. The number of likely N-dealkylation sites (N-methyl/N-ethyl adjacent to an activating group) is 1. The Labute approximate surface area is 185 Å². The average molecular weight is 449 g/mol. The van der Waals surface area contributed by atoms with Crippen LogP contribution in [0.4, 0.5) is 0 Å². The summed E-state index contributed by atoms with van der Waals surface area (Å²) < 4.78 is 37.8. The Bertz CT molecular complexity index is 966. The number of rotatable bonds is 7. The van der Waals surface area contributed by atoms with Gasteiger partial charge in [0.1, 0.15) is 5.75 Å². The van der Waals surface area contributed by atoms with Crippen LogP contribution in [-0.2, 0) is 14.9 Å². The molecule has 0 saturated carbocycles. The van der Waals surface area contributed by atoms with E-state index in [-0.39, 0.29) is 16.8 Å². The van der Waals surface area contributed by atoms with Gasteiger partial charge in [-0.15, -0.1) is 0 Å². The van der Waals surface area contributed by atoms with Crippen LogP contribution in [0.2, 0.25) is 0 Å². The Balaban J connectivity index is 0.000000423. The van der Waals surface area contributed by atoms with Crippen molar-refractivity contribution in [2.24, 2.45) is 0 Å². The largest absolute Gasteiger partial charge is 0.497 e. The molecule has 7 nitrogen and oxygen atoms in total. The van der Waals surface area contributed by atoms with Gasteiger partial charge in [-0.05, 0) is 49.0 Å². The lowest BCUT2D eigenvalue weighted by atomic mass is 9.78. The maximum Gasteiger partial charge on any atom is 0.294 e. The van der Waals surface area contributed by atoms with E-state index in [2.05, 4.69) is 25.7 Å². The first-order chi connectivity index (χ1) is 14.7. The van der Waals surface area contributed by atoms with Crippen LogP contribution in [0.25, 0.3) is 0 Å². The van der Waals surface area contributed by atoms with Crippen molar-refractivity contribution in [3.8, 4) is 5.75 Å². The molecule has 2 aromatic carbocycles. The normalized spacial score (nSPS) is 18.3. The van der Waals surface area contributed by atoms with E-state index in [1.807, 2.05) is 12.1 Å². The molecule has 170 valence electrons. The summed E-state index contributed by atoms with van der Waals surface area (Å²) in [6, 6.07) is 13.0. The number of hydrogen-bond donors (Lipinski definition) is 1. The monoisotopic (exact) mass is 448 g/mol. The lowest BCUT2D eigenvalue weighted by Gasteiger charge is -2.46. The Morgan fingerprint density at radius 2 is 1.55 bits per heavy atom. The topological polar surface area (TPSA) is 87.1 Å². The molecule has 0 aromatic heterocycles. The highest BCUT2D eigenvalue weighted by Gasteiger charge is 2.48. The average Bonchev–Trinajstić information content (AvgIpc) is 2.78. The third kappa shape index (κ3) is 5.64. The molecule has 0 aliphatic carbocycles. The number of methoxy groups -OCH3 is 1. The Hall–Kier alpha value is -2.42. The number of ether oxygens (including phenoxy) is 1. The molecule has 8 heteroatoms. The number of carbonyl (C=O) groups excluding carboxylic acids is 1. The highest BCUT2D eigenvalue weighted by Crippen LogP contribution is 2.47. The molecular weight excluding hydrogens is 416 g/mol. The van der Waals surface area contributed by atoms with Crippen molar-refractivity contribution in [2.45, 2.75) is 37.6 Å². The zero-order valence-corrected chi connectivity index (χ0v) is 19.6. The van der Waals surface area contributed by atoms with Crippen molar-refractivity contribution >= 4 is 16.0 Å². The van der Waals surface area contributed by atoms with Crippen LogP contribution in [0.3, 0.4) is 0 Å². The van der Waals surface area contributed by atoms with Gasteiger partial charge in [-0.1, -0.05) is 51.1 Å². The Morgan fingerprint density at radius 1 is 1.00 bits per heavy atom. The molecule has 2 aromatic rings. The number of carbonyl (C=O) groups is 1. The standard InChI is InChI=1S/C17H17NO5S.C6H15N/c1-18-16(11-7-9-12(23-2)10-8-11)15(17(18)19)13-5-3-4-6-14(13)24(20,21)22;1-4-7(5-2)6-3/h3-10,15-16H,1-2H3,(H,20,21,22);4-6H2,1-3H3. The second kappa shape index (κ2) is 10.7. The molecule has 0 spiro atoms. The number of hydrogen-bond acceptors (Lipinski definition) is 5. The number of β-lactam (4-membered cyclic amide) rings is 1. The van der Waals surface area contributed by atoms with Crippen molar-refractivity contribution < 1.29 is 22.5 Å². The van der Waals surface area contributed by atoms with Gasteiger partial charge in [-0.3, -0.25) is 9.35 Å². The lowest BCUT2D eigenvalue weighted by molar-refractivity contribution is -0.147. The molecule has 2 unspecified atom stereocenters. The minimum Gasteiger partial charge on any atom is -0.497 e. The van der Waals surface area contributed by atoms with Gasteiger partial charge in [-0.2, -0.15) is 8.42 Å². The molecule has 1 saturated heterocycles. The Kier molecular flexibility index (Phi) is 8.61. The first kappa shape index (κ1) is 24.8. The number of benzene rings is 2. The predicted molar refractivity (Wildman–Crippen MR) is 121 cm³/mol. The minimum absolute atomic E-state index is 0.188. The SMILES string of the molecule is CCN(CC)CC.COc1ccc(C2C(c3ccccc3S(=O)(=O)O)C(=O)N2C)cc1. The molecule has 1 N–H and O–H groups in total. The van der Waals surface area contributed by atoms with Crippen LogP contribution < -0.4 is 4.74 Å². The quantitative estimate of drug-likeness (QED) is 0.515. The van der Waals surface area contributed by atoms with E-state index >= 15 is 0 Å². The van der Waals surface area contributed by atoms with Gasteiger partial charge in [0.25, 0.3) is 10.1 Å². The summed E-state index contributed by atoms with van der Waals surface area (Å²) in [4.78, 5) is 16.1. The van der Waals surface area contributed by atoms with Crippen LogP contribution in [0.15, 0.2) is 53.4 Å².